The molecular formula is C20H36F2O3. The van der Waals surface area contributed by atoms with Gasteiger partial charge < -0.3 is 4.74 Å². The molecule has 0 bridgehead atoms. The van der Waals surface area contributed by atoms with Crippen molar-refractivity contribution >= 4 is 11.9 Å². The highest BCUT2D eigenvalue weighted by Gasteiger charge is 2.16. The third kappa shape index (κ3) is 16.2. The molecule has 5 heteroatoms. The van der Waals surface area contributed by atoms with Crippen molar-refractivity contribution in [1.29, 1.82) is 0 Å². The molecule has 0 saturated heterocycles. The standard InChI is InChI=1S/C20H36F2O3/c1-3-5-7-9-11-17(21)13-15-19(23)25-20(24)16-14-18(22)12-10-8-6-4-2/h17-18H,3-16H2,1-2H3. The largest absolute Gasteiger partial charge is 0.393 e. The lowest BCUT2D eigenvalue weighted by molar-refractivity contribution is -0.160. The van der Waals surface area contributed by atoms with E-state index >= 15 is 0 Å². The summed E-state index contributed by atoms with van der Waals surface area (Å²) in [6.07, 6.45) is 6.84. The van der Waals surface area contributed by atoms with Crippen LogP contribution in [0.25, 0.3) is 0 Å². The second-order valence-corrected chi connectivity index (χ2v) is 6.82. The fraction of sp³-hybridized carbons (Fsp3) is 0.900. The normalized spacial score (nSPS) is 13.4. The van der Waals surface area contributed by atoms with Gasteiger partial charge in [-0.25, -0.2) is 8.78 Å². The second-order valence-electron chi connectivity index (χ2n) is 6.82. The molecule has 0 aromatic heterocycles. The lowest BCUT2D eigenvalue weighted by atomic mass is 10.1. The maximum atomic E-state index is 13.6. The van der Waals surface area contributed by atoms with Crippen LogP contribution in [0.3, 0.4) is 0 Å². The fourth-order valence-electron chi connectivity index (χ4n) is 2.65. The van der Waals surface area contributed by atoms with Gasteiger partial charge in [0.25, 0.3) is 0 Å². The van der Waals surface area contributed by atoms with Crippen LogP contribution >= 0.6 is 0 Å². The molecule has 0 fully saturated rings. The van der Waals surface area contributed by atoms with Crippen LogP contribution in [0, 0.1) is 0 Å². The topological polar surface area (TPSA) is 43.4 Å². The van der Waals surface area contributed by atoms with Crippen molar-refractivity contribution in [3.05, 3.63) is 0 Å². The van der Waals surface area contributed by atoms with E-state index in [1.807, 2.05) is 0 Å². The van der Waals surface area contributed by atoms with E-state index in [1.165, 1.54) is 0 Å². The van der Waals surface area contributed by atoms with Gasteiger partial charge in [-0.3, -0.25) is 9.59 Å². The quantitative estimate of drug-likeness (QED) is 0.186. The molecular weight excluding hydrogens is 326 g/mol. The summed E-state index contributed by atoms with van der Waals surface area (Å²) in [4.78, 5) is 23.0. The summed E-state index contributed by atoms with van der Waals surface area (Å²) >= 11 is 0. The summed E-state index contributed by atoms with van der Waals surface area (Å²) < 4.78 is 31.9. The number of unbranched alkanes of at least 4 members (excludes halogenated alkanes) is 6. The Kier molecular flexibility index (Phi) is 15.8. The van der Waals surface area contributed by atoms with Gasteiger partial charge in [0.2, 0.25) is 0 Å². The van der Waals surface area contributed by atoms with E-state index in [0.29, 0.717) is 12.8 Å². The molecule has 0 amide bonds. The van der Waals surface area contributed by atoms with Crippen molar-refractivity contribution in [3.8, 4) is 0 Å². The van der Waals surface area contributed by atoms with Crippen LogP contribution in [0.15, 0.2) is 0 Å². The van der Waals surface area contributed by atoms with E-state index < -0.39 is 24.3 Å². The third-order valence-electron chi connectivity index (χ3n) is 4.29. The van der Waals surface area contributed by atoms with Gasteiger partial charge in [-0.2, -0.15) is 0 Å². The van der Waals surface area contributed by atoms with Crippen molar-refractivity contribution in [2.45, 2.75) is 116 Å². The van der Waals surface area contributed by atoms with E-state index in [0.717, 1.165) is 51.4 Å². The number of hydrogen-bond acceptors (Lipinski definition) is 3. The van der Waals surface area contributed by atoms with Crippen LogP contribution in [0.1, 0.15) is 104 Å². The van der Waals surface area contributed by atoms with Gasteiger partial charge in [-0.1, -0.05) is 65.2 Å². The maximum Gasteiger partial charge on any atom is 0.313 e. The monoisotopic (exact) mass is 362 g/mol. The molecule has 25 heavy (non-hydrogen) atoms. The first-order valence-electron chi connectivity index (χ1n) is 10.0. The van der Waals surface area contributed by atoms with Crippen LogP contribution in [-0.4, -0.2) is 24.3 Å². The Bertz CT molecular complexity index is 316. The van der Waals surface area contributed by atoms with E-state index in [4.69, 9.17) is 0 Å². The van der Waals surface area contributed by atoms with Crippen LogP contribution in [0.5, 0.6) is 0 Å². The Labute approximate surface area is 151 Å². The van der Waals surface area contributed by atoms with Gasteiger partial charge in [0.05, 0.1) is 0 Å². The number of esters is 2. The highest BCUT2D eigenvalue weighted by Crippen LogP contribution is 2.15. The summed E-state index contributed by atoms with van der Waals surface area (Å²) in [7, 11) is 0. The third-order valence-corrected chi connectivity index (χ3v) is 4.29. The highest BCUT2D eigenvalue weighted by atomic mass is 19.1. The minimum Gasteiger partial charge on any atom is -0.393 e. The van der Waals surface area contributed by atoms with Crippen molar-refractivity contribution < 1.29 is 23.1 Å². The van der Waals surface area contributed by atoms with Gasteiger partial charge in [0.1, 0.15) is 12.3 Å². The smallest absolute Gasteiger partial charge is 0.313 e. The van der Waals surface area contributed by atoms with E-state index in [9.17, 15) is 18.4 Å². The first kappa shape index (κ1) is 24.0. The van der Waals surface area contributed by atoms with Crippen molar-refractivity contribution in [2.24, 2.45) is 0 Å². The zero-order valence-electron chi connectivity index (χ0n) is 16.0. The first-order chi connectivity index (χ1) is 12.0. The van der Waals surface area contributed by atoms with Crippen LogP contribution in [0.4, 0.5) is 8.78 Å². The number of carbonyl (C=O) groups excluding carboxylic acids is 2. The predicted molar refractivity (Wildman–Crippen MR) is 96.9 cm³/mol. The first-order valence-corrected chi connectivity index (χ1v) is 10.0. The summed E-state index contributed by atoms with van der Waals surface area (Å²) in [5.74, 6) is -1.42. The molecule has 0 aromatic carbocycles. The SMILES string of the molecule is CCCCCCC(F)CCC(=O)OC(=O)CCC(F)CCCCCC. The Hall–Kier alpha value is -1.00. The Morgan fingerprint density at radius 3 is 1.44 bits per heavy atom. The van der Waals surface area contributed by atoms with Crippen LogP contribution < -0.4 is 0 Å². The van der Waals surface area contributed by atoms with E-state index in [1.54, 1.807) is 0 Å². The van der Waals surface area contributed by atoms with Gasteiger partial charge in [-0.15, -0.1) is 0 Å². The number of rotatable bonds is 16. The molecule has 3 nitrogen and oxygen atoms in total. The average Bonchev–Trinajstić information content (AvgIpc) is 2.59. The van der Waals surface area contributed by atoms with Gasteiger partial charge in [0, 0.05) is 12.8 Å². The van der Waals surface area contributed by atoms with Gasteiger partial charge in [0.15, 0.2) is 0 Å². The number of halogens is 2. The number of hydrogen-bond donors (Lipinski definition) is 0. The molecule has 0 saturated carbocycles. The molecule has 0 spiro atoms. The summed E-state index contributed by atoms with van der Waals surface area (Å²) in [5.41, 5.74) is 0. The molecule has 0 heterocycles. The Morgan fingerprint density at radius 1 is 0.680 bits per heavy atom. The van der Waals surface area contributed by atoms with Crippen molar-refractivity contribution in [1.82, 2.24) is 0 Å². The predicted octanol–water partition coefficient (Wildman–Crippen LogP) is 6.23. The fourth-order valence-corrected chi connectivity index (χ4v) is 2.65. The maximum absolute atomic E-state index is 13.6. The van der Waals surface area contributed by atoms with Gasteiger partial charge in [-0.05, 0) is 25.7 Å². The number of carbonyl (C=O) groups is 2. The van der Waals surface area contributed by atoms with Crippen molar-refractivity contribution in [3.63, 3.8) is 0 Å². The molecule has 148 valence electrons. The lowest BCUT2D eigenvalue weighted by Gasteiger charge is -2.09. The molecule has 0 N–H and O–H groups in total. The molecule has 0 radical (unpaired) electrons. The minimum absolute atomic E-state index is 0.0847. The summed E-state index contributed by atoms with van der Waals surface area (Å²) in [6, 6.07) is 0. The summed E-state index contributed by atoms with van der Waals surface area (Å²) in [6.45, 7) is 4.19. The van der Waals surface area contributed by atoms with E-state index in [-0.39, 0.29) is 25.7 Å². The van der Waals surface area contributed by atoms with Crippen molar-refractivity contribution in [2.75, 3.05) is 0 Å². The second kappa shape index (κ2) is 16.5. The number of ether oxygens (including phenoxy) is 1. The van der Waals surface area contributed by atoms with Crippen LogP contribution in [0.2, 0.25) is 0 Å². The molecule has 0 aliphatic heterocycles. The Balaban J connectivity index is 3.68. The molecule has 2 unspecified atom stereocenters. The molecule has 0 aromatic rings. The molecule has 0 aliphatic carbocycles. The Morgan fingerprint density at radius 2 is 1.08 bits per heavy atom. The highest BCUT2D eigenvalue weighted by molar-refractivity contribution is 5.85. The molecule has 0 aliphatic rings. The van der Waals surface area contributed by atoms with Gasteiger partial charge >= 0.3 is 11.9 Å². The zero-order chi connectivity index (χ0) is 18.9. The zero-order valence-corrected chi connectivity index (χ0v) is 16.0. The molecule has 2 atom stereocenters. The minimum atomic E-state index is -1.03. The number of alkyl halides is 2. The molecule has 0 rings (SSSR count). The van der Waals surface area contributed by atoms with E-state index in [2.05, 4.69) is 18.6 Å². The lowest BCUT2D eigenvalue weighted by Crippen LogP contribution is -2.15. The van der Waals surface area contributed by atoms with Crippen LogP contribution in [-0.2, 0) is 14.3 Å². The summed E-state index contributed by atoms with van der Waals surface area (Å²) in [5, 5.41) is 0. The average molecular weight is 363 g/mol.